The van der Waals surface area contributed by atoms with Gasteiger partial charge in [0.05, 0.1) is 0 Å². The molecule has 1 aliphatic heterocycles. The molecule has 1 N–H and O–H groups in total. The summed E-state index contributed by atoms with van der Waals surface area (Å²) in [6.45, 7) is 7.67. The Bertz CT molecular complexity index is 939. The predicted molar refractivity (Wildman–Crippen MR) is 113 cm³/mol. The van der Waals surface area contributed by atoms with Crippen LogP contribution in [0.1, 0.15) is 58.6 Å². The third-order valence-electron chi connectivity index (χ3n) is 5.61. The minimum atomic E-state index is -0.174. The Morgan fingerprint density at radius 3 is 2.55 bits per heavy atom. The fourth-order valence-corrected chi connectivity index (χ4v) is 3.69. The van der Waals surface area contributed by atoms with Gasteiger partial charge in [0.15, 0.2) is 0 Å². The monoisotopic (exact) mass is 395 g/mol. The second-order valence-corrected chi connectivity index (χ2v) is 8.38. The van der Waals surface area contributed by atoms with Crippen LogP contribution in [0.3, 0.4) is 0 Å². The maximum Gasteiger partial charge on any atom is 0.291 e. The molecule has 0 aromatic carbocycles. The average Bonchev–Trinajstić information content (AvgIpc) is 3.43. The lowest BCUT2D eigenvalue weighted by Gasteiger charge is -2.22. The predicted octanol–water partition coefficient (Wildman–Crippen LogP) is 2.46. The molecular formula is C21H29N7O. The first-order valence-electron chi connectivity index (χ1n) is 10.3. The van der Waals surface area contributed by atoms with Crippen LogP contribution >= 0.6 is 0 Å². The summed E-state index contributed by atoms with van der Waals surface area (Å²) in [6, 6.07) is 2.29. The van der Waals surface area contributed by atoms with E-state index in [4.69, 9.17) is 4.98 Å². The van der Waals surface area contributed by atoms with Gasteiger partial charge in [0.25, 0.3) is 5.91 Å². The summed E-state index contributed by atoms with van der Waals surface area (Å²) in [7, 11) is 3.44. The number of aryl methyl sites for hydroxylation is 2. The zero-order valence-electron chi connectivity index (χ0n) is 17.9. The Kier molecular flexibility index (Phi) is 5.10. The Balaban J connectivity index is 1.51. The van der Waals surface area contributed by atoms with Gasteiger partial charge in [0, 0.05) is 62.2 Å². The van der Waals surface area contributed by atoms with Gasteiger partial charge in [0.2, 0.25) is 5.82 Å². The van der Waals surface area contributed by atoms with Crippen LogP contribution < -0.4 is 10.2 Å². The van der Waals surface area contributed by atoms with Crippen LogP contribution in [-0.2, 0) is 0 Å². The number of nitrogens with zero attached hydrogens (tertiary/aromatic N) is 6. The Labute approximate surface area is 171 Å². The van der Waals surface area contributed by atoms with Crippen LogP contribution in [0.2, 0.25) is 0 Å². The molecule has 2 aliphatic rings. The van der Waals surface area contributed by atoms with Crippen LogP contribution in [0.5, 0.6) is 0 Å². The molecule has 1 saturated carbocycles. The van der Waals surface area contributed by atoms with Gasteiger partial charge in [-0.1, -0.05) is 0 Å². The first-order chi connectivity index (χ1) is 13.8. The molecule has 2 fully saturated rings. The lowest BCUT2D eigenvalue weighted by Crippen LogP contribution is -2.30. The first kappa shape index (κ1) is 19.5. The minimum absolute atomic E-state index is 0.174. The van der Waals surface area contributed by atoms with Gasteiger partial charge in [-0.3, -0.25) is 4.79 Å². The normalized spacial score (nSPS) is 18.8. The van der Waals surface area contributed by atoms with E-state index in [-0.39, 0.29) is 17.8 Å². The van der Waals surface area contributed by atoms with E-state index in [0.29, 0.717) is 5.92 Å². The van der Waals surface area contributed by atoms with E-state index in [0.717, 1.165) is 53.9 Å². The van der Waals surface area contributed by atoms with Gasteiger partial charge in [-0.05, 0) is 40.0 Å². The summed E-state index contributed by atoms with van der Waals surface area (Å²) in [5.74, 6) is 3.35. The van der Waals surface area contributed by atoms with E-state index in [9.17, 15) is 4.79 Å². The zero-order chi connectivity index (χ0) is 20.7. The smallest absolute Gasteiger partial charge is 0.291 e. The van der Waals surface area contributed by atoms with E-state index in [1.54, 1.807) is 14.1 Å². The number of aromatic nitrogens is 4. The van der Waals surface area contributed by atoms with Crippen LogP contribution in [0, 0.1) is 20.8 Å². The largest absolute Gasteiger partial charge is 0.365 e. The van der Waals surface area contributed by atoms with E-state index in [1.165, 1.54) is 17.7 Å². The van der Waals surface area contributed by atoms with Crippen LogP contribution in [-0.4, -0.2) is 64.0 Å². The van der Waals surface area contributed by atoms with Crippen molar-refractivity contribution >= 4 is 17.5 Å². The number of anilines is 2. The molecule has 0 radical (unpaired) electrons. The Morgan fingerprint density at radius 1 is 1.10 bits per heavy atom. The molecule has 3 heterocycles. The molecular weight excluding hydrogens is 366 g/mol. The number of nitrogens with one attached hydrogen (secondary N) is 1. The van der Waals surface area contributed by atoms with Gasteiger partial charge in [-0.15, -0.1) is 0 Å². The standard InChI is InChI=1S/C21H29N7O/c1-12-10-17(25-18(22-12)15-6-7-15)24-16-8-9-28(11-16)20-13(2)14(3)23-19(26-20)21(29)27(4)5/h10,15-16H,6-9,11H2,1-5H3,(H,22,24,25)/t16-/m1/s1. The molecule has 2 aromatic heterocycles. The summed E-state index contributed by atoms with van der Waals surface area (Å²) in [5.41, 5.74) is 2.88. The van der Waals surface area contributed by atoms with Crippen LogP contribution in [0.15, 0.2) is 6.07 Å². The van der Waals surface area contributed by atoms with Crippen molar-refractivity contribution < 1.29 is 4.79 Å². The summed E-state index contributed by atoms with van der Waals surface area (Å²) in [5, 5.41) is 3.58. The van der Waals surface area contributed by atoms with Crippen molar-refractivity contribution in [1.82, 2.24) is 24.8 Å². The van der Waals surface area contributed by atoms with E-state index in [1.807, 2.05) is 26.8 Å². The highest BCUT2D eigenvalue weighted by molar-refractivity contribution is 5.90. The highest BCUT2D eigenvalue weighted by Gasteiger charge is 2.29. The topological polar surface area (TPSA) is 87.1 Å². The van der Waals surface area contributed by atoms with Gasteiger partial charge in [-0.25, -0.2) is 19.9 Å². The molecule has 1 saturated heterocycles. The lowest BCUT2D eigenvalue weighted by molar-refractivity contribution is 0.0815. The molecule has 1 atom stereocenters. The molecule has 154 valence electrons. The average molecular weight is 396 g/mol. The molecule has 0 bridgehead atoms. The van der Waals surface area contributed by atoms with Crippen molar-refractivity contribution in [3.05, 3.63) is 34.7 Å². The Hall–Kier alpha value is -2.77. The summed E-state index contributed by atoms with van der Waals surface area (Å²) < 4.78 is 0. The van der Waals surface area contributed by atoms with Gasteiger partial charge in [0.1, 0.15) is 17.5 Å². The maximum absolute atomic E-state index is 12.4. The van der Waals surface area contributed by atoms with Crippen LogP contribution in [0.4, 0.5) is 11.6 Å². The van der Waals surface area contributed by atoms with E-state index >= 15 is 0 Å². The minimum Gasteiger partial charge on any atom is -0.365 e. The maximum atomic E-state index is 12.4. The number of hydrogen-bond donors (Lipinski definition) is 1. The highest BCUT2D eigenvalue weighted by atomic mass is 16.2. The highest BCUT2D eigenvalue weighted by Crippen LogP contribution is 2.38. The molecule has 8 nitrogen and oxygen atoms in total. The second-order valence-electron chi connectivity index (χ2n) is 8.38. The first-order valence-corrected chi connectivity index (χ1v) is 10.3. The molecule has 0 unspecified atom stereocenters. The number of carbonyl (C=O) groups excluding carboxylic acids is 1. The SMILES string of the molecule is Cc1cc(N[C@@H]2CCN(c3nc(C(=O)N(C)C)nc(C)c3C)C2)nc(C2CC2)n1. The molecule has 8 heteroatoms. The molecule has 4 rings (SSSR count). The zero-order valence-corrected chi connectivity index (χ0v) is 17.9. The fourth-order valence-electron chi connectivity index (χ4n) is 3.69. The fraction of sp³-hybridized carbons (Fsp3) is 0.571. The third-order valence-corrected chi connectivity index (χ3v) is 5.61. The van der Waals surface area contributed by atoms with E-state index < -0.39 is 0 Å². The van der Waals surface area contributed by atoms with Crippen molar-refractivity contribution in [2.45, 2.75) is 52.0 Å². The quantitative estimate of drug-likeness (QED) is 0.832. The molecule has 1 aliphatic carbocycles. The summed E-state index contributed by atoms with van der Waals surface area (Å²) in [6.07, 6.45) is 3.38. The molecule has 2 aromatic rings. The number of amides is 1. The number of carbonyl (C=O) groups is 1. The van der Waals surface area contributed by atoms with Gasteiger partial charge >= 0.3 is 0 Å². The summed E-state index contributed by atoms with van der Waals surface area (Å²) >= 11 is 0. The van der Waals surface area contributed by atoms with Gasteiger partial charge in [-0.2, -0.15) is 0 Å². The van der Waals surface area contributed by atoms with E-state index in [2.05, 4.69) is 25.2 Å². The number of rotatable bonds is 5. The molecule has 29 heavy (non-hydrogen) atoms. The van der Waals surface area contributed by atoms with Crippen LogP contribution in [0.25, 0.3) is 0 Å². The lowest BCUT2D eigenvalue weighted by atomic mass is 10.2. The van der Waals surface area contributed by atoms with Crippen molar-refractivity contribution in [1.29, 1.82) is 0 Å². The van der Waals surface area contributed by atoms with Gasteiger partial charge < -0.3 is 15.1 Å². The second kappa shape index (κ2) is 7.57. The van der Waals surface area contributed by atoms with Crippen molar-refractivity contribution in [3.8, 4) is 0 Å². The van der Waals surface area contributed by atoms with Crippen molar-refractivity contribution in [2.75, 3.05) is 37.4 Å². The Morgan fingerprint density at radius 2 is 1.86 bits per heavy atom. The third kappa shape index (κ3) is 4.16. The summed E-state index contributed by atoms with van der Waals surface area (Å²) in [4.78, 5) is 34.4. The number of hydrogen-bond acceptors (Lipinski definition) is 7. The van der Waals surface area contributed by atoms with Crippen molar-refractivity contribution in [2.24, 2.45) is 0 Å². The van der Waals surface area contributed by atoms with Crippen molar-refractivity contribution in [3.63, 3.8) is 0 Å². The molecule has 1 amide bonds. The molecule has 0 spiro atoms.